The normalized spacial score (nSPS) is 10.8. The highest BCUT2D eigenvalue weighted by Crippen LogP contribution is 2.30. The van der Waals surface area contributed by atoms with E-state index in [4.69, 9.17) is 14.9 Å². The fourth-order valence-corrected chi connectivity index (χ4v) is 4.37. The average molecular weight is 453 g/mol. The molecule has 0 aliphatic carbocycles. The summed E-state index contributed by atoms with van der Waals surface area (Å²) in [5, 5.41) is 17.3. The van der Waals surface area contributed by atoms with Gasteiger partial charge in [0.05, 0.1) is 6.61 Å². The van der Waals surface area contributed by atoms with Crippen molar-refractivity contribution in [1.29, 1.82) is 0 Å². The molecule has 0 spiro atoms. The Kier molecular flexibility index (Phi) is 16.8. The molecule has 0 heterocycles. The molecule has 0 unspecified atom stereocenters. The third-order valence-corrected chi connectivity index (χ3v) is 6.33. The van der Waals surface area contributed by atoms with Crippen molar-refractivity contribution in [3.63, 3.8) is 0 Å². The number of carboxylic acids is 2. The maximum Gasteiger partial charge on any atom is 0.303 e. The molecule has 0 saturated heterocycles. The van der Waals surface area contributed by atoms with Gasteiger partial charge in [0.2, 0.25) is 0 Å². The number of thioether (sulfide) groups is 1. The molecule has 0 aromatic heterocycles. The molecule has 0 fully saturated rings. The zero-order chi connectivity index (χ0) is 22.6. The van der Waals surface area contributed by atoms with Crippen LogP contribution in [0.4, 0.5) is 0 Å². The number of carbonyl (C=O) groups is 2. The highest BCUT2D eigenvalue weighted by atomic mass is 32.2. The highest BCUT2D eigenvalue weighted by molar-refractivity contribution is 7.99. The summed E-state index contributed by atoms with van der Waals surface area (Å²) < 4.78 is 5.96. The van der Waals surface area contributed by atoms with E-state index in [1.807, 2.05) is 24.3 Å². The predicted octanol–water partition coefficient (Wildman–Crippen LogP) is 7.18. The van der Waals surface area contributed by atoms with E-state index in [2.05, 4.69) is 0 Å². The zero-order valence-electron chi connectivity index (χ0n) is 18.9. The minimum absolute atomic E-state index is 0.213. The number of benzene rings is 1. The molecule has 0 amide bonds. The van der Waals surface area contributed by atoms with Crippen LogP contribution in [0.3, 0.4) is 0 Å². The van der Waals surface area contributed by atoms with Gasteiger partial charge in [-0.2, -0.15) is 0 Å². The van der Waals surface area contributed by atoms with Gasteiger partial charge in [-0.25, -0.2) is 0 Å². The standard InChI is InChI=1S/C25H40O5S/c26-24(27)18-11-9-7-5-3-1-2-4-6-8-10-14-20-30-22-16-12-13-17-23(22)31-21-15-19-25(28)29/h12-13,16-17H,1-11,14-15,18-21H2,(H,26,27)(H,28,29). The van der Waals surface area contributed by atoms with Crippen LogP contribution in [0.1, 0.15) is 96.3 Å². The fourth-order valence-electron chi connectivity index (χ4n) is 3.42. The molecule has 2 N–H and O–H groups in total. The van der Waals surface area contributed by atoms with Crippen LogP contribution >= 0.6 is 11.8 Å². The molecule has 0 bridgehead atoms. The van der Waals surface area contributed by atoms with Crippen molar-refractivity contribution in [2.45, 2.75) is 101 Å². The Hall–Kier alpha value is -1.69. The summed E-state index contributed by atoms with van der Waals surface area (Å²) in [6.07, 6.45) is 15.4. The van der Waals surface area contributed by atoms with E-state index < -0.39 is 11.9 Å². The SMILES string of the molecule is O=C(O)CCCCCCCCCCCCCCOc1ccccc1SCCCC(=O)O. The summed E-state index contributed by atoms with van der Waals surface area (Å²) >= 11 is 1.66. The number of unbranched alkanes of at least 4 members (excludes halogenated alkanes) is 11. The maximum absolute atomic E-state index is 10.6. The lowest BCUT2D eigenvalue weighted by molar-refractivity contribution is -0.138. The van der Waals surface area contributed by atoms with Crippen molar-refractivity contribution in [2.75, 3.05) is 12.4 Å². The van der Waals surface area contributed by atoms with Crippen LogP contribution < -0.4 is 4.74 Å². The van der Waals surface area contributed by atoms with Crippen LogP contribution in [-0.4, -0.2) is 34.5 Å². The molecule has 0 aliphatic rings. The van der Waals surface area contributed by atoms with Gasteiger partial charge in [-0.3, -0.25) is 9.59 Å². The van der Waals surface area contributed by atoms with E-state index >= 15 is 0 Å². The minimum Gasteiger partial charge on any atom is -0.492 e. The lowest BCUT2D eigenvalue weighted by atomic mass is 10.0. The van der Waals surface area contributed by atoms with Crippen molar-refractivity contribution in [1.82, 2.24) is 0 Å². The molecule has 1 aromatic carbocycles. The van der Waals surface area contributed by atoms with Crippen LogP contribution in [-0.2, 0) is 9.59 Å². The molecule has 5 nitrogen and oxygen atoms in total. The number of carboxylic acid groups (broad SMARTS) is 2. The van der Waals surface area contributed by atoms with Crippen molar-refractivity contribution in [3.05, 3.63) is 24.3 Å². The van der Waals surface area contributed by atoms with Crippen LogP contribution in [0, 0.1) is 0 Å². The fraction of sp³-hybridized carbons (Fsp3) is 0.680. The summed E-state index contributed by atoms with van der Waals surface area (Å²) in [6.45, 7) is 0.731. The quantitative estimate of drug-likeness (QED) is 0.152. The lowest BCUT2D eigenvalue weighted by Gasteiger charge is -2.11. The van der Waals surface area contributed by atoms with Gasteiger partial charge < -0.3 is 14.9 Å². The first-order valence-electron chi connectivity index (χ1n) is 11.9. The molecular formula is C25H40O5S. The summed E-state index contributed by atoms with van der Waals surface area (Å²) in [5.41, 5.74) is 0. The van der Waals surface area contributed by atoms with Gasteiger partial charge in [-0.05, 0) is 37.1 Å². The van der Waals surface area contributed by atoms with Crippen molar-refractivity contribution < 1.29 is 24.5 Å². The highest BCUT2D eigenvalue weighted by Gasteiger charge is 2.05. The van der Waals surface area contributed by atoms with E-state index in [-0.39, 0.29) is 6.42 Å². The van der Waals surface area contributed by atoms with Gasteiger partial charge >= 0.3 is 11.9 Å². The Balaban J connectivity index is 1.94. The van der Waals surface area contributed by atoms with Crippen LogP contribution in [0.5, 0.6) is 5.75 Å². The molecule has 1 rings (SSSR count). The van der Waals surface area contributed by atoms with E-state index in [0.29, 0.717) is 12.8 Å². The van der Waals surface area contributed by atoms with E-state index in [0.717, 1.165) is 48.7 Å². The molecular weight excluding hydrogens is 412 g/mol. The van der Waals surface area contributed by atoms with Gasteiger partial charge in [0.25, 0.3) is 0 Å². The molecule has 31 heavy (non-hydrogen) atoms. The number of para-hydroxylation sites is 1. The van der Waals surface area contributed by atoms with Crippen molar-refractivity contribution >= 4 is 23.7 Å². The van der Waals surface area contributed by atoms with Crippen LogP contribution in [0.15, 0.2) is 29.2 Å². The predicted molar refractivity (Wildman–Crippen MR) is 127 cm³/mol. The molecule has 0 atom stereocenters. The Bertz CT molecular complexity index is 605. The average Bonchev–Trinajstić information content (AvgIpc) is 2.74. The van der Waals surface area contributed by atoms with E-state index in [1.54, 1.807) is 11.8 Å². The van der Waals surface area contributed by atoms with Crippen molar-refractivity contribution in [2.24, 2.45) is 0 Å². The second-order valence-corrected chi connectivity index (χ2v) is 9.16. The summed E-state index contributed by atoms with van der Waals surface area (Å²) in [4.78, 5) is 22.1. The second-order valence-electron chi connectivity index (χ2n) is 8.03. The Labute approximate surface area is 192 Å². The molecule has 0 aliphatic heterocycles. The smallest absolute Gasteiger partial charge is 0.303 e. The summed E-state index contributed by atoms with van der Waals surface area (Å²) in [7, 11) is 0. The van der Waals surface area contributed by atoms with E-state index in [1.165, 1.54) is 51.4 Å². The van der Waals surface area contributed by atoms with Gasteiger partial charge in [-0.1, -0.05) is 76.3 Å². The number of hydrogen-bond donors (Lipinski definition) is 2. The first-order chi connectivity index (χ1) is 15.1. The first kappa shape index (κ1) is 27.3. The molecule has 1 aromatic rings. The van der Waals surface area contributed by atoms with Crippen molar-refractivity contribution in [3.8, 4) is 5.75 Å². The van der Waals surface area contributed by atoms with Crippen LogP contribution in [0.2, 0.25) is 0 Å². The van der Waals surface area contributed by atoms with Gasteiger partial charge in [-0.15, -0.1) is 11.8 Å². The van der Waals surface area contributed by atoms with Gasteiger partial charge in [0.1, 0.15) is 5.75 Å². The number of aliphatic carboxylic acids is 2. The number of ether oxygens (including phenoxy) is 1. The molecule has 0 saturated carbocycles. The number of hydrogen-bond acceptors (Lipinski definition) is 4. The largest absolute Gasteiger partial charge is 0.492 e. The Morgan fingerprint density at radius 2 is 1.16 bits per heavy atom. The van der Waals surface area contributed by atoms with Crippen LogP contribution in [0.25, 0.3) is 0 Å². The maximum atomic E-state index is 10.6. The monoisotopic (exact) mass is 452 g/mol. The Morgan fingerprint density at radius 1 is 0.677 bits per heavy atom. The third kappa shape index (κ3) is 16.6. The molecule has 6 heteroatoms. The van der Waals surface area contributed by atoms with E-state index in [9.17, 15) is 9.59 Å². The second kappa shape index (κ2) is 19.0. The summed E-state index contributed by atoms with van der Waals surface area (Å²) in [5.74, 6) is 0.276. The molecule has 176 valence electrons. The lowest BCUT2D eigenvalue weighted by Crippen LogP contribution is -1.99. The first-order valence-corrected chi connectivity index (χ1v) is 12.9. The van der Waals surface area contributed by atoms with Gasteiger partial charge in [0, 0.05) is 17.7 Å². The number of rotatable bonds is 21. The molecule has 0 radical (unpaired) electrons. The summed E-state index contributed by atoms with van der Waals surface area (Å²) in [6, 6.07) is 8.00. The topological polar surface area (TPSA) is 83.8 Å². The Morgan fingerprint density at radius 3 is 1.74 bits per heavy atom. The third-order valence-electron chi connectivity index (χ3n) is 5.18. The van der Waals surface area contributed by atoms with Gasteiger partial charge in [0.15, 0.2) is 0 Å². The minimum atomic E-state index is -0.741. The zero-order valence-corrected chi connectivity index (χ0v) is 19.7.